The monoisotopic (exact) mass is 126 g/mol. The maximum absolute atomic E-state index is 8.41. The lowest BCUT2D eigenvalue weighted by Crippen LogP contribution is -1.86. The summed E-state index contributed by atoms with van der Waals surface area (Å²) in [5.41, 5.74) is 3.92. The fourth-order valence-electron chi connectivity index (χ4n) is 0.736. The molecule has 0 spiro atoms. The Kier molecular flexibility index (Phi) is 1.44. The summed E-state index contributed by atoms with van der Waals surface area (Å²) >= 11 is 0. The topological polar surface area (TPSA) is 37.2 Å². The lowest BCUT2D eigenvalue weighted by Gasteiger charge is -1.90. The molecule has 0 aliphatic rings. The summed E-state index contributed by atoms with van der Waals surface area (Å²) in [7, 11) is 1.93. The number of aryl methyl sites for hydroxylation is 2. The second-order valence-corrected chi connectivity index (χ2v) is 2.09. The van der Waals surface area contributed by atoms with Crippen molar-refractivity contribution in [1.82, 2.24) is 4.57 Å². The molecule has 0 fully saturated rings. The molecule has 0 bridgehead atoms. The molecule has 50 valence electrons. The third-order valence-corrected chi connectivity index (χ3v) is 1.38. The molecule has 1 aromatic rings. The Morgan fingerprint density at radius 3 is 2.56 bits per heavy atom. The van der Waals surface area contributed by atoms with E-state index in [1.165, 1.54) is 0 Å². The lowest BCUT2D eigenvalue weighted by atomic mass is 10.4. The first-order chi connectivity index (χ1) is 4.24. The number of nitrogens with zero attached hydrogens (tertiary/aromatic N) is 1. The van der Waals surface area contributed by atoms with E-state index in [1.54, 1.807) is 0 Å². The van der Waals surface area contributed by atoms with Gasteiger partial charge in [0.05, 0.1) is 5.69 Å². The normalized spacial score (nSPS) is 9.67. The van der Waals surface area contributed by atoms with Crippen LogP contribution in [-0.2, 0) is 7.05 Å². The summed E-state index contributed by atoms with van der Waals surface area (Å²) in [5, 5.41) is 8.41. The first-order valence-electron chi connectivity index (χ1n) is 2.77. The van der Waals surface area contributed by atoms with Crippen molar-refractivity contribution < 1.29 is 5.21 Å². The molecule has 0 aromatic carbocycles. The van der Waals surface area contributed by atoms with E-state index in [2.05, 4.69) is 5.48 Å². The van der Waals surface area contributed by atoms with Crippen LogP contribution in [-0.4, -0.2) is 9.77 Å². The number of nitrogens with one attached hydrogen (secondary N) is 1. The van der Waals surface area contributed by atoms with E-state index in [9.17, 15) is 0 Å². The van der Waals surface area contributed by atoms with Gasteiger partial charge in [-0.2, -0.15) is 0 Å². The highest BCUT2D eigenvalue weighted by molar-refractivity contribution is 5.41. The maximum Gasteiger partial charge on any atom is 0.0781 e. The largest absolute Gasteiger partial charge is 0.353 e. The predicted molar refractivity (Wildman–Crippen MR) is 35.6 cm³/mol. The summed E-state index contributed by atoms with van der Waals surface area (Å²) in [6.07, 6.45) is 1.81. The molecule has 2 N–H and O–H groups in total. The number of rotatable bonds is 1. The van der Waals surface area contributed by atoms with Gasteiger partial charge in [-0.25, -0.2) is 0 Å². The van der Waals surface area contributed by atoms with E-state index in [-0.39, 0.29) is 0 Å². The fourth-order valence-corrected chi connectivity index (χ4v) is 0.736. The summed E-state index contributed by atoms with van der Waals surface area (Å²) in [4.78, 5) is 0. The smallest absolute Gasteiger partial charge is 0.0781 e. The Hall–Kier alpha value is -0.960. The van der Waals surface area contributed by atoms with Crippen LogP contribution in [0.2, 0.25) is 0 Å². The molecular weight excluding hydrogens is 116 g/mol. The van der Waals surface area contributed by atoms with Crippen molar-refractivity contribution in [3.8, 4) is 0 Å². The maximum atomic E-state index is 8.41. The van der Waals surface area contributed by atoms with Gasteiger partial charge in [0.15, 0.2) is 0 Å². The zero-order chi connectivity index (χ0) is 6.85. The van der Waals surface area contributed by atoms with E-state index in [0.717, 1.165) is 11.4 Å². The lowest BCUT2D eigenvalue weighted by molar-refractivity contribution is 0.389. The molecule has 1 rings (SSSR count). The van der Waals surface area contributed by atoms with E-state index in [4.69, 9.17) is 5.21 Å². The Morgan fingerprint density at radius 1 is 1.67 bits per heavy atom. The highest BCUT2D eigenvalue weighted by atomic mass is 16.5. The van der Waals surface area contributed by atoms with E-state index >= 15 is 0 Å². The number of hydrogen-bond donors (Lipinski definition) is 2. The number of hydrogen-bond acceptors (Lipinski definition) is 2. The molecule has 0 unspecified atom stereocenters. The van der Waals surface area contributed by atoms with Crippen molar-refractivity contribution in [2.24, 2.45) is 7.05 Å². The summed E-state index contributed by atoms with van der Waals surface area (Å²) in [6, 6.07) is 1.86. The zero-order valence-electron chi connectivity index (χ0n) is 5.55. The van der Waals surface area contributed by atoms with Crippen LogP contribution in [0.25, 0.3) is 0 Å². The molecule has 1 aromatic heterocycles. The summed E-state index contributed by atoms with van der Waals surface area (Å²) < 4.78 is 1.93. The third-order valence-electron chi connectivity index (χ3n) is 1.38. The highest BCUT2D eigenvalue weighted by Gasteiger charge is 1.94. The van der Waals surface area contributed by atoms with Crippen LogP contribution >= 0.6 is 0 Å². The van der Waals surface area contributed by atoms with Crippen LogP contribution in [0.1, 0.15) is 5.69 Å². The second-order valence-electron chi connectivity index (χ2n) is 2.09. The minimum Gasteiger partial charge on any atom is -0.353 e. The Morgan fingerprint density at radius 2 is 2.33 bits per heavy atom. The van der Waals surface area contributed by atoms with Gasteiger partial charge < -0.3 is 4.57 Å². The van der Waals surface area contributed by atoms with Crippen molar-refractivity contribution in [3.63, 3.8) is 0 Å². The number of anilines is 1. The molecular formula is C6H10N2O. The molecule has 0 amide bonds. The van der Waals surface area contributed by atoms with Gasteiger partial charge in [0.2, 0.25) is 0 Å². The average Bonchev–Trinajstić information content (AvgIpc) is 2.13. The standard InChI is InChI=1S/C6H10N2O/c1-5-3-6(7-9)4-8(5)2/h3-4,7,9H,1-2H3. The van der Waals surface area contributed by atoms with E-state index < -0.39 is 0 Å². The van der Waals surface area contributed by atoms with Gasteiger partial charge in [0, 0.05) is 18.9 Å². The van der Waals surface area contributed by atoms with Gasteiger partial charge in [0.25, 0.3) is 0 Å². The first kappa shape index (κ1) is 6.16. The Bertz CT molecular complexity index is 185. The minimum atomic E-state index is 0.731. The van der Waals surface area contributed by atoms with Crippen molar-refractivity contribution in [2.75, 3.05) is 5.48 Å². The third kappa shape index (κ3) is 1.05. The first-order valence-corrected chi connectivity index (χ1v) is 2.77. The Balaban J connectivity index is 2.98. The van der Waals surface area contributed by atoms with Crippen molar-refractivity contribution >= 4 is 5.69 Å². The van der Waals surface area contributed by atoms with Crippen LogP contribution in [0.4, 0.5) is 5.69 Å². The van der Waals surface area contributed by atoms with Crippen molar-refractivity contribution in [1.29, 1.82) is 0 Å². The average molecular weight is 126 g/mol. The molecule has 0 atom stereocenters. The van der Waals surface area contributed by atoms with Gasteiger partial charge >= 0.3 is 0 Å². The molecule has 3 nitrogen and oxygen atoms in total. The second kappa shape index (κ2) is 2.11. The van der Waals surface area contributed by atoms with Gasteiger partial charge in [-0.3, -0.25) is 10.7 Å². The molecule has 1 heterocycles. The van der Waals surface area contributed by atoms with E-state index in [0.29, 0.717) is 0 Å². The molecule has 0 aliphatic carbocycles. The molecule has 3 heteroatoms. The molecule has 0 saturated heterocycles. The van der Waals surface area contributed by atoms with Crippen LogP contribution in [0.15, 0.2) is 12.3 Å². The van der Waals surface area contributed by atoms with Crippen LogP contribution in [0.5, 0.6) is 0 Å². The van der Waals surface area contributed by atoms with Crippen LogP contribution in [0.3, 0.4) is 0 Å². The summed E-state index contributed by atoms with van der Waals surface area (Å²) in [6.45, 7) is 1.97. The Labute approximate surface area is 53.9 Å². The van der Waals surface area contributed by atoms with Crippen LogP contribution < -0.4 is 5.48 Å². The minimum absolute atomic E-state index is 0.731. The SMILES string of the molecule is Cc1cc(NO)cn1C. The molecule has 0 radical (unpaired) electrons. The highest BCUT2D eigenvalue weighted by Crippen LogP contribution is 2.09. The number of aromatic nitrogens is 1. The van der Waals surface area contributed by atoms with Crippen molar-refractivity contribution in [3.05, 3.63) is 18.0 Å². The quantitative estimate of drug-likeness (QED) is 0.553. The summed E-state index contributed by atoms with van der Waals surface area (Å²) in [5.74, 6) is 0. The predicted octanol–water partition coefficient (Wildman–Crippen LogP) is 1.13. The molecule has 0 aliphatic heterocycles. The molecule has 0 saturated carbocycles. The van der Waals surface area contributed by atoms with Crippen LogP contribution in [0, 0.1) is 6.92 Å². The molecule has 9 heavy (non-hydrogen) atoms. The van der Waals surface area contributed by atoms with Gasteiger partial charge in [-0.1, -0.05) is 0 Å². The van der Waals surface area contributed by atoms with E-state index in [1.807, 2.05) is 30.8 Å². The van der Waals surface area contributed by atoms with Gasteiger partial charge in [0.1, 0.15) is 0 Å². The van der Waals surface area contributed by atoms with Gasteiger partial charge in [-0.15, -0.1) is 0 Å². The fraction of sp³-hybridized carbons (Fsp3) is 0.333. The van der Waals surface area contributed by atoms with Crippen molar-refractivity contribution in [2.45, 2.75) is 6.92 Å². The van der Waals surface area contributed by atoms with Gasteiger partial charge in [-0.05, 0) is 13.0 Å². The zero-order valence-corrected chi connectivity index (χ0v) is 5.55.